The van der Waals surface area contributed by atoms with Crippen LogP contribution in [0.4, 0.5) is 0 Å². The van der Waals surface area contributed by atoms with Gasteiger partial charge in [0.15, 0.2) is 5.78 Å². The molecule has 0 saturated carbocycles. The monoisotopic (exact) mass is 251 g/mol. The van der Waals surface area contributed by atoms with E-state index in [1.807, 2.05) is 26.8 Å². The van der Waals surface area contributed by atoms with Crippen molar-refractivity contribution in [1.82, 2.24) is 15.2 Å². The molecule has 0 aliphatic carbocycles. The quantitative estimate of drug-likeness (QED) is 0.738. The fourth-order valence-electron chi connectivity index (χ4n) is 1.90. The summed E-state index contributed by atoms with van der Waals surface area (Å²) in [5, 5.41) is 2.71. The first-order valence-corrected chi connectivity index (χ1v) is 6.08. The molecule has 1 heterocycles. The number of hydrogen-bond donors (Lipinski definition) is 2. The van der Waals surface area contributed by atoms with E-state index in [1.54, 1.807) is 11.9 Å². The summed E-state index contributed by atoms with van der Waals surface area (Å²) in [5.41, 5.74) is 2.56. The first-order valence-electron chi connectivity index (χ1n) is 6.08. The number of nitrogens with zero attached hydrogens (tertiary/aromatic N) is 1. The first kappa shape index (κ1) is 14.4. The summed E-state index contributed by atoms with van der Waals surface area (Å²) in [5.74, 6) is -0.0292. The summed E-state index contributed by atoms with van der Waals surface area (Å²) in [6.07, 6.45) is 0. The molecule has 1 aromatic rings. The maximum absolute atomic E-state index is 12.0. The van der Waals surface area contributed by atoms with Crippen molar-refractivity contribution < 1.29 is 9.59 Å². The van der Waals surface area contributed by atoms with Gasteiger partial charge in [0, 0.05) is 23.5 Å². The highest BCUT2D eigenvalue weighted by Crippen LogP contribution is 2.10. The van der Waals surface area contributed by atoms with Crippen LogP contribution in [0.1, 0.15) is 28.7 Å². The van der Waals surface area contributed by atoms with E-state index in [0.717, 1.165) is 11.4 Å². The van der Waals surface area contributed by atoms with Gasteiger partial charge in [0.2, 0.25) is 5.91 Å². The number of Topliss-reactive ketones (excluding diaryl/α,β-unsaturated/α-hetero) is 1. The molecule has 100 valence electrons. The van der Waals surface area contributed by atoms with Crippen molar-refractivity contribution in [3.8, 4) is 0 Å². The number of aryl methyl sites for hydroxylation is 2. The fraction of sp³-hybridized carbons (Fsp3) is 0.538. The third-order valence-corrected chi connectivity index (χ3v) is 2.65. The zero-order chi connectivity index (χ0) is 13.7. The van der Waals surface area contributed by atoms with Gasteiger partial charge < -0.3 is 10.3 Å². The van der Waals surface area contributed by atoms with Crippen LogP contribution in [0.15, 0.2) is 6.07 Å². The van der Waals surface area contributed by atoms with E-state index in [9.17, 15) is 9.59 Å². The van der Waals surface area contributed by atoms with Gasteiger partial charge in [-0.05, 0) is 33.9 Å². The molecule has 0 fully saturated rings. The Morgan fingerprint density at radius 1 is 1.33 bits per heavy atom. The van der Waals surface area contributed by atoms with E-state index in [0.29, 0.717) is 12.1 Å². The molecule has 0 spiro atoms. The SMILES string of the molecule is CCNC(=O)CN(C)CC(=O)c1cc(C)[nH]c1C. The molecule has 0 aliphatic heterocycles. The Bertz CT molecular complexity index is 437. The van der Waals surface area contributed by atoms with Crippen LogP contribution in [-0.2, 0) is 4.79 Å². The lowest BCUT2D eigenvalue weighted by Crippen LogP contribution is -2.37. The second-order valence-corrected chi connectivity index (χ2v) is 4.54. The Kier molecular flexibility index (Phi) is 5.09. The number of amides is 1. The van der Waals surface area contributed by atoms with Crippen molar-refractivity contribution in [3.05, 3.63) is 23.0 Å². The van der Waals surface area contributed by atoms with Gasteiger partial charge in [-0.15, -0.1) is 0 Å². The van der Waals surface area contributed by atoms with Gasteiger partial charge in [-0.1, -0.05) is 0 Å². The van der Waals surface area contributed by atoms with Crippen molar-refractivity contribution in [1.29, 1.82) is 0 Å². The number of aromatic amines is 1. The normalized spacial score (nSPS) is 10.7. The number of rotatable bonds is 6. The van der Waals surface area contributed by atoms with E-state index in [4.69, 9.17) is 0 Å². The van der Waals surface area contributed by atoms with Gasteiger partial charge >= 0.3 is 0 Å². The second kappa shape index (κ2) is 6.35. The summed E-state index contributed by atoms with van der Waals surface area (Å²) in [6.45, 7) is 6.76. The van der Waals surface area contributed by atoms with Gasteiger partial charge in [0.1, 0.15) is 0 Å². The number of carbonyl (C=O) groups excluding carboxylic acids is 2. The minimum Gasteiger partial charge on any atom is -0.362 e. The van der Waals surface area contributed by atoms with Crippen molar-refractivity contribution >= 4 is 11.7 Å². The van der Waals surface area contributed by atoms with Crippen LogP contribution in [-0.4, -0.2) is 48.3 Å². The highest BCUT2D eigenvalue weighted by Gasteiger charge is 2.15. The molecule has 0 atom stereocenters. The molecule has 1 aromatic heterocycles. The number of ketones is 1. The molecule has 0 aromatic carbocycles. The minimum absolute atomic E-state index is 0.0312. The van der Waals surface area contributed by atoms with Crippen molar-refractivity contribution in [2.24, 2.45) is 0 Å². The van der Waals surface area contributed by atoms with Crippen LogP contribution in [0.3, 0.4) is 0 Å². The predicted octanol–water partition coefficient (Wildman–Crippen LogP) is 0.882. The molecule has 5 nitrogen and oxygen atoms in total. The molecular formula is C13H21N3O2. The Hall–Kier alpha value is -1.62. The van der Waals surface area contributed by atoms with Gasteiger partial charge in [0.25, 0.3) is 0 Å². The Labute approximate surface area is 108 Å². The maximum atomic E-state index is 12.0. The minimum atomic E-state index is -0.0604. The molecule has 0 saturated heterocycles. The molecule has 0 unspecified atom stereocenters. The largest absolute Gasteiger partial charge is 0.362 e. The van der Waals surface area contributed by atoms with Crippen LogP contribution >= 0.6 is 0 Å². The van der Waals surface area contributed by atoms with Crippen molar-refractivity contribution in [2.75, 3.05) is 26.7 Å². The Morgan fingerprint density at radius 2 is 2.00 bits per heavy atom. The fourth-order valence-corrected chi connectivity index (χ4v) is 1.90. The van der Waals surface area contributed by atoms with E-state index in [1.165, 1.54) is 0 Å². The highest BCUT2D eigenvalue weighted by molar-refractivity contribution is 5.99. The van der Waals surface area contributed by atoms with Crippen LogP contribution in [0.2, 0.25) is 0 Å². The van der Waals surface area contributed by atoms with Crippen LogP contribution in [0.25, 0.3) is 0 Å². The summed E-state index contributed by atoms with van der Waals surface area (Å²) < 4.78 is 0. The molecule has 18 heavy (non-hydrogen) atoms. The molecular weight excluding hydrogens is 230 g/mol. The van der Waals surface area contributed by atoms with Crippen LogP contribution < -0.4 is 5.32 Å². The smallest absolute Gasteiger partial charge is 0.234 e. The summed E-state index contributed by atoms with van der Waals surface area (Å²) in [7, 11) is 1.77. The first-order chi connectivity index (χ1) is 8.43. The Balaban J connectivity index is 2.54. The van der Waals surface area contributed by atoms with Crippen molar-refractivity contribution in [2.45, 2.75) is 20.8 Å². The number of nitrogens with one attached hydrogen (secondary N) is 2. The molecule has 0 aliphatic rings. The zero-order valence-corrected chi connectivity index (χ0v) is 11.5. The van der Waals surface area contributed by atoms with E-state index < -0.39 is 0 Å². The van der Waals surface area contributed by atoms with Crippen LogP contribution in [0.5, 0.6) is 0 Å². The Morgan fingerprint density at radius 3 is 2.50 bits per heavy atom. The number of carbonyl (C=O) groups is 2. The van der Waals surface area contributed by atoms with Crippen LogP contribution in [0, 0.1) is 13.8 Å². The topological polar surface area (TPSA) is 65.2 Å². The molecule has 0 radical (unpaired) electrons. The lowest BCUT2D eigenvalue weighted by Gasteiger charge is -2.14. The highest BCUT2D eigenvalue weighted by atomic mass is 16.2. The number of likely N-dealkylation sites (N-methyl/N-ethyl adjacent to an activating group) is 2. The molecule has 0 bridgehead atoms. The van der Waals surface area contributed by atoms with Crippen molar-refractivity contribution in [3.63, 3.8) is 0 Å². The number of aromatic nitrogens is 1. The van der Waals surface area contributed by atoms with Gasteiger partial charge in [0.05, 0.1) is 13.1 Å². The van der Waals surface area contributed by atoms with E-state index in [2.05, 4.69) is 10.3 Å². The average Bonchev–Trinajstić information content (AvgIpc) is 2.57. The number of H-pyrrole nitrogens is 1. The molecule has 2 N–H and O–H groups in total. The van der Waals surface area contributed by atoms with Gasteiger partial charge in [-0.2, -0.15) is 0 Å². The van der Waals surface area contributed by atoms with Gasteiger partial charge in [-0.25, -0.2) is 0 Å². The van der Waals surface area contributed by atoms with Gasteiger partial charge in [-0.3, -0.25) is 14.5 Å². The third-order valence-electron chi connectivity index (χ3n) is 2.65. The number of hydrogen-bond acceptors (Lipinski definition) is 3. The lowest BCUT2D eigenvalue weighted by atomic mass is 10.1. The standard InChI is InChI=1S/C13H21N3O2/c1-5-14-13(18)8-16(4)7-12(17)11-6-9(2)15-10(11)3/h6,15H,5,7-8H2,1-4H3,(H,14,18). The molecule has 1 rings (SSSR count). The zero-order valence-electron chi connectivity index (χ0n) is 11.5. The molecule has 5 heteroatoms. The summed E-state index contributed by atoms with van der Waals surface area (Å²) in [6, 6.07) is 1.84. The van der Waals surface area contributed by atoms with E-state index in [-0.39, 0.29) is 24.8 Å². The predicted molar refractivity (Wildman–Crippen MR) is 70.8 cm³/mol. The lowest BCUT2D eigenvalue weighted by molar-refractivity contribution is -0.121. The third kappa shape index (κ3) is 4.00. The average molecular weight is 251 g/mol. The summed E-state index contributed by atoms with van der Waals surface area (Å²) in [4.78, 5) is 28.2. The second-order valence-electron chi connectivity index (χ2n) is 4.54. The van der Waals surface area contributed by atoms with E-state index >= 15 is 0 Å². The summed E-state index contributed by atoms with van der Waals surface area (Å²) >= 11 is 0. The maximum Gasteiger partial charge on any atom is 0.234 e. The molecule has 1 amide bonds.